The Morgan fingerprint density at radius 3 is 3.00 bits per heavy atom. The molecule has 0 radical (unpaired) electrons. The van der Waals surface area contributed by atoms with Crippen LogP contribution in [0.25, 0.3) is 0 Å². The number of ether oxygens (including phenoxy) is 1. The number of aryl methyl sites for hydroxylation is 2. The highest BCUT2D eigenvalue weighted by Gasteiger charge is 2.24. The van der Waals surface area contributed by atoms with Crippen molar-refractivity contribution in [3.63, 3.8) is 0 Å². The number of aromatic amines is 1. The first-order valence-electron chi connectivity index (χ1n) is 8.78. The Bertz CT molecular complexity index is 808. The highest BCUT2D eigenvalue weighted by atomic mass is 19.1. The number of benzene rings is 1. The van der Waals surface area contributed by atoms with E-state index in [1.807, 2.05) is 0 Å². The second kappa shape index (κ2) is 8.71. The fourth-order valence-electron chi connectivity index (χ4n) is 3.08. The molecule has 1 saturated heterocycles. The molecular formula is C19H22FN3O3. The summed E-state index contributed by atoms with van der Waals surface area (Å²) in [6.07, 6.45) is 3.28. The molecule has 1 N–H and O–H groups in total. The lowest BCUT2D eigenvalue weighted by atomic mass is 10.1. The van der Waals surface area contributed by atoms with Crippen LogP contribution < -0.4 is 5.56 Å². The van der Waals surface area contributed by atoms with E-state index in [4.69, 9.17) is 4.74 Å². The monoisotopic (exact) mass is 359 g/mol. The van der Waals surface area contributed by atoms with Gasteiger partial charge in [-0.25, -0.2) is 9.37 Å². The minimum atomic E-state index is -0.273. The third kappa shape index (κ3) is 4.98. The zero-order chi connectivity index (χ0) is 18.4. The molecule has 0 unspecified atom stereocenters. The minimum Gasteiger partial charge on any atom is -0.375 e. The zero-order valence-corrected chi connectivity index (χ0v) is 14.5. The molecule has 1 aromatic heterocycles. The van der Waals surface area contributed by atoms with Gasteiger partial charge in [-0.3, -0.25) is 9.59 Å². The lowest BCUT2D eigenvalue weighted by molar-refractivity contribution is -0.138. The summed E-state index contributed by atoms with van der Waals surface area (Å²) >= 11 is 0. The van der Waals surface area contributed by atoms with Crippen LogP contribution in [0.3, 0.4) is 0 Å². The van der Waals surface area contributed by atoms with Crippen LogP contribution in [0.2, 0.25) is 0 Å². The van der Waals surface area contributed by atoms with Crippen molar-refractivity contribution in [1.29, 1.82) is 0 Å². The van der Waals surface area contributed by atoms with E-state index in [9.17, 15) is 14.0 Å². The molecule has 3 rings (SSSR count). The first-order valence-corrected chi connectivity index (χ1v) is 8.78. The van der Waals surface area contributed by atoms with Crippen LogP contribution in [0.1, 0.15) is 24.1 Å². The van der Waals surface area contributed by atoms with Crippen LogP contribution in [0.4, 0.5) is 4.39 Å². The van der Waals surface area contributed by atoms with Crippen LogP contribution in [0, 0.1) is 5.82 Å². The van der Waals surface area contributed by atoms with Gasteiger partial charge in [-0.1, -0.05) is 18.2 Å². The maximum absolute atomic E-state index is 13.7. The van der Waals surface area contributed by atoms with Gasteiger partial charge in [0.1, 0.15) is 5.82 Å². The van der Waals surface area contributed by atoms with E-state index in [-0.39, 0.29) is 29.8 Å². The molecule has 6 nitrogen and oxygen atoms in total. The average molecular weight is 359 g/mol. The fourth-order valence-corrected chi connectivity index (χ4v) is 3.08. The molecular weight excluding hydrogens is 337 g/mol. The molecule has 0 spiro atoms. The number of rotatable bonds is 6. The van der Waals surface area contributed by atoms with Crippen molar-refractivity contribution in [2.75, 3.05) is 19.7 Å². The standard InChI is InChI=1S/C19H22FN3O3/c20-17-4-2-1-3-14(17)5-8-19(25)23-9-10-26-16(12-23)7-6-15-11-18(24)22-13-21-15/h1-4,11,13,16H,5-10,12H2,(H,21,22,24)/t16-/m1/s1. The molecule has 0 saturated carbocycles. The number of aromatic nitrogens is 2. The van der Waals surface area contributed by atoms with Crippen molar-refractivity contribution >= 4 is 5.91 Å². The van der Waals surface area contributed by atoms with Gasteiger partial charge < -0.3 is 14.6 Å². The van der Waals surface area contributed by atoms with E-state index >= 15 is 0 Å². The van der Waals surface area contributed by atoms with Crippen LogP contribution in [0.5, 0.6) is 0 Å². The van der Waals surface area contributed by atoms with Gasteiger partial charge in [0.05, 0.1) is 19.0 Å². The molecule has 1 aliphatic heterocycles. The predicted octanol–water partition coefficient (Wildman–Crippen LogP) is 1.70. The molecule has 138 valence electrons. The van der Waals surface area contributed by atoms with Crippen molar-refractivity contribution in [2.24, 2.45) is 0 Å². The van der Waals surface area contributed by atoms with E-state index < -0.39 is 0 Å². The largest absolute Gasteiger partial charge is 0.375 e. The second-order valence-electron chi connectivity index (χ2n) is 6.37. The summed E-state index contributed by atoms with van der Waals surface area (Å²) in [5.41, 5.74) is 1.09. The Morgan fingerprint density at radius 2 is 2.19 bits per heavy atom. The van der Waals surface area contributed by atoms with Crippen molar-refractivity contribution in [1.82, 2.24) is 14.9 Å². The number of carbonyl (C=O) groups excluding carboxylic acids is 1. The van der Waals surface area contributed by atoms with Gasteiger partial charge in [-0.05, 0) is 30.9 Å². The van der Waals surface area contributed by atoms with E-state index in [1.165, 1.54) is 18.5 Å². The van der Waals surface area contributed by atoms with E-state index in [1.54, 1.807) is 23.1 Å². The van der Waals surface area contributed by atoms with Crippen LogP contribution in [0.15, 0.2) is 41.5 Å². The number of amides is 1. The molecule has 1 fully saturated rings. The van der Waals surface area contributed by atoms with Gasteiger partial charge in [-0.15, -0.1) is 0 Å². The van der Waals surface area contributed by atoms with Gasteiger partial charge in [0, 0.05) is 31.3 Å². The number of hydrogen-bond acceptors (Lipinski definition) is 4. The zero-order valence-electron chi connectivity index (χ0n) is 14.5. The van der Waals surface area contributed by atoms with E-state index in [0.29, 0.717) is 50.2 Å². The Morgan fingerprint density at radius 1 is 1.35 bits per heavy atom. The molecule has 0 bridgehead atoms. The highest BCUT2D eigenvalue weighted by molar-refractivity contribution is 5.76. The highest BCUT2D eigenvalue weighted by Crippen LogP contribution is 2.14. The summed E-state index contributed by atoms with van der Waals surface area (Å²) in [6.45, 7) is 1.55. The lowest BCUT2D eigenvalue weighted by Gasteiger charge is -2.33. The normalized spacial score (nSPS) is 17.3. The van der Waals surface area contributed by atoms with Crippen molar-refractivity contribution in [3.8, 4) is 0 Å². The maximum Gasteiger partial charge on any atom is 0.250 e. The van der Waals surface area contributed by atoms with E-state index in [2.05, 4.69) is 9.97 Å². The van der Waals surface area contributed by atoms with Gasteiger partial charge in [-0.2, -0.15) is 0 Å². The summed E-state index contributed by atoms with van der Waals surface area (Å²) in [7, 11) is 0. The maximum atomic E-state index is 13.7. The Hall–Kier alpha value is -2.54. The third-order valence-corrected chi connectivity index (χ3v) is 4.51. The van der Waals surface area contributed by atoms with E-state index in [0.717, 1.165) is 0 Å². The van der Waals surface area contributed by atoms with Crippen molar-refractivity contribution < 1.29 is 13.9 Å². The molecule has 1 atom stereocenters. The lowest BCUT2D eigenvalue weighted by Crippen LogP contribution is -2.45. The smallest absolute Gasteiger partial charge is 0.250 e. The number of hydrogen-bond donors (Lipinski definition) is 1. The Balaban J connectivity index is 1.48. The van der Waals surface area contributed by atoms with Crippen LogP contribution in [-0.4, -0.2) is 46.6 Å². The molecule has 2 aromatic rings. The Labute approximate surface area is 151 Å². The fraction of sp³-hybridized carbons (Fsp3) is 0.421. The van der Waals surface area contributed by atoms with Gasteiger partial charge in [0.25, 0.3) is 5.56 Å². The summed E-state index contributed by atoms with van der Waals surface area (Å²) in [6, 6.07) is 8.01. The first kappa shape index (κ1) is 18.3. The molecule has 1 aromatic carbocycles. The summed E-state index contributed by atoms with van der Waals surface area (Å²) in [5, 5.41) is 0. The molecule has 1 aliphatic rings. The van der Waals surface area contributed by atoms with Crippen molar-refractivity contribution in [2.45, 2.75) is 31.8 Å². The number of nitrogens with zero attached hydrogens (tertiary/aromatic N) is 2. The van der Waals surface area contributed by atoms with Crippen LogP contribution in [-0.2, 0) is 22.4 Å². The molecule has 7 heteroatoms. The number of morpholine rings is 1. The third-order valence-electron chi connectivity index (χ3n) is 4.51. The quantitative estimate of drug-likeness (QED) is 0.852. The first-order chi connectivity index (χ1) is 12.6. The average Bonchev–Trinajstić information content (AvgIpc) is 2.66. The van der Waals surface area contributed by atoms with Crippen LogP contribution >= 0.6 is 0 Å². The summed E-state index contributed by atoms with van der Waals surface area (Å²) < 4.78 is 19.4. The summed E-state index contributed by atoms with van der Waals surface area (Å²) in [5.74, 6) is -0.263. The van der Waals surface area contributed by atoms with Gasteiger partial charge in [0.2, 0.25) is 5.91 Å². The molecule has 1 amide bonds. The topological polar surface area (TPSA) is 75.3 Å². The number of carbonyl (C=O) groups is 1. The Kier molecular flexibility index (Phi) is 6.12. The molecule has 26 heavy (non-hydrogen) atoms. The number of nitrogens with one attached hydrogen (secondary N) is 1. The van der Waals surface area contributed by atoms with Gasteiger partial charge >= 0.3 is 0 Å². The summed E-state index contributed by atoms with van der Waals surface area (Å²) in [4.78, 5) is 32.1. The predicted molar refractivity (Wildman–Crippen MR) is 94.2 cm³/mol. The molecule has 2 heterocycles. The minimum absolute atomic E-state index is 0.0100. The molecule has 0 aliphatic carbocycles. The number of H-pyrrole nitrogens is 1. The van der Waals surface area contributed by atoms with Crippen molar-refractivity contribution in [3.05, 3.63) is 64.1 Å². The number of halogens is 1. The SMILES string of the molecule is O=C(CCc1ccccc1F)N1CCO[C@H](CCc2cc(=O)[nH]cn2)C1. The second-order valence-corrected chi connectivity index (χ2v) is 6.37. The van der Waals surface area contributed by atoms with Gasteiger partial charge in [0.15, 0.2) is 0 Å².